The molecule has 2 bridgehead atoms. The lowest BCUT2D eigenvalue weighted by Gasteiger charge is -2.18. The Balaban J connectivity index is 0.000000125. The summed E-state index contributed by atoms with van der Waals surface area (Å²) in [6.07, 6.45) is 4.49. The van der Waals surface area contributed by atoms with Crippen LogP contribution in [0.15, 0.2) is 30.6 Å². The number of fused-ring (bicyclic) bond motifs is 2. The maximum atomic E-state index is 5.92. The Hall–Kier alpha value is -1.41. The van der Waals surface area contributed by atoms with Crippen molar-refractivity contribution in [1.29, 1.82) is 0 Å². The number of hydrogen-bond donors (Lipinski definition) is 0. The van der Waals surface area contributed by atoms with Crippen molar-refractivity contribution in [2.75, 3.05) is 0 Å². The molecule has 0 atom stereocenters. The quantitative estimate of drug-likeness (QED) is 0.594. The molecular formula is C13H13ClN2. The van der Waals surface area contributed by atoms with E-state index < -0.39 is 0 Å². The van der Waals surface area contributed by atoms with Crippen molar-refractivity contribution >= 4 is 11.6 Å². The van der Waals surface area contributed by atoms with Crippen LogP contribution in [0.25, 0.3) is 0 Å². The average Bonchev–Trinajstić information content (AvgIpc) is 2.22. The van der Waals surface area contributed by atoms with Crippen LogP contribution in [0.5, 0.6) is 0 Å². The summed E-state index contributed by atoms with van der Waals surface area (Å²) < 4.78 is 0. The van der Waals surface area contributed by atoms with Crippen LogP contribution in [-0.4, -0.2) is 10.2 Å². The summed E-state index contributed by atoms with van der Waals surface area (Å²) in [5, 5.41) is 8.19. The largest absolute Gasteiger partial charge is 0.159 e. The van der Waals surface area contributed by atoms with E-state index in [1.807, 2.05) is 13.0 Å². The second-order valence-electron chi connectivity index (χ2n) is 3.98. The lowest BCUT2D eigenvalue weighted by atomic mass is 9.91. The Labute approximate surface area is 100 Å². The fraction of sp³-hybridized carbons (Fsp3) is 0.231. The van der Waals surface area contributed by atoms with Gasteiger partial charge in [0, 0.05) is 11.2 Å². The molecule has 0 N–H and O–H groups in total. The molecule has 1 aromatic heterocycles. The summed E-state index contributed by atoms with van der Waals surface area (Å²) >= 11 is 5.92. The Morgan fingerprint density at radius 3 is 2.25 bits per heavy atom. The van der Waals surface area contributed by atoms with Crippen LogP contribution in [0.2, 0.25) is 5.02 Å². The number of hydrogen-bond acceptors (Lipinski definition) is 2. The third kappa shape index (κ3) is 2.39. The zero-order chi connectivity index (χ0) is 11.5. The Kier molecular flexibility index (Phi) is 3.20. The summed E-state index contributed by atoms with van der Waals surface area (Å²) in [5.41, 5.74) is 5.10. The molecule has 82 valence electrons. The maximum Gasteiger partial charge on any atom is 0.0525 e. The molecule has 0 spiro atoms. The standard InChI is InChI=1S/C8H7Cl.C5H6N2/c1-5-2-6-3-7(4-6)8(5)9;1-5-2-3-6-7-4-5/h2-3H,4H2,1H3;2-4H,1H3. The van der Waals surface area contributed by atoms with E-state index in [0.29, 0.717) is 0 Å². The summed E-state index contributed by atoms with van der Waals surface area (Å²) in [7, 11) is 0. The molecule has 2 aliphatic carbocycles. The number of benzene rings is 1. The number of halogens is 1. The second-order valence-corrected chi connectivity index (χ2v) is 4.36. The fourth-order valence-electron chi connectivity index (χ4n) is 1.60. The molecule has 1 aromatic carbocycles. The molecule has 0 aliphatic heterocycles. The molecule has 2 aromatic rings. The van der Waals surface area contributed by atoms with Crippen LogP contribution < -0.4 is 0 Å². The van der Waals surface area contributed by atoms with E-state index in [1.54, 1.807) is 12.4 Å². The van der Waals surface area contributed by atoms with E-state index in [1.165, 1.54) is 16.7 Å². The van der Waals surface area contributed by atoms with Gasteiger partial charge >= 0.3 is 0 Å². The lowest BCUT2D eigenvalue weighted by molar-refractivity contribution is 1.01. The highest BCUT2D eigenvalue weighted by atomic mass is 35.5. The van der Waals surface area contributed by atoms with Gasteiger partial charge in [-0.3, -0.25) is 0 Å². The summed E-state index contributed by atoms with van der Waals surface area (Å²) in [4.78, 5) is 0. The Bertz CT molecular complexity index is 491. The van der Waals surface area contributed by atoms with Gasteiger partial charge in [0.15, 0.2) is 0 Å². The zero-order valence-electron chi connectivity index (χ0n) is 9.37. The number of aromatic nitrogens is 2. The molecule has 1 heterocycles. The van der Waals surface area contributed by atoms with E-state index in [0.717, 1.165) is 17.0 Å². The molecule has 2 nitrogen and oxygen atoms in total. The van der Waals surface area contributed by atoms with Gasteiger partial charge in [-0.2, -0.15) is 10.2 Å². The molecular weight excluding hydrogens is 220 g/mol. The van der Waals surface area contributed by atoms with Crippen LogP contribution in [0.4, 0.5) is 0 Å². The first-order valence-electron chi connectivity index (χ1n) is 5.18. The van der Waals surface area contributed by atoms with Crippen molar-refractivity contribution < 1.29 is 0 Å². The van der Waals surface area contributed by atoms with Gasteiger partial charge in [-0.15, -0.1) is 0 Å². The molecule has 16 heavy (non-hydrogen) atoms. The molecule has 4 rings (SSSR count). The highest BCUT2D eigenvalue weighted by Gasteiger charge is 2.14. The molecule has 0 saturated carbocycles. The van der Waals surface area contributed by atoms with Crippen LogP contribution in [0.3, 0.4) is 0 Å². The highest BCUT2D eigenvalue weighted by molar-refractivity contribution is 6.32. The first kappa shape index (κ1) is 11.1. The SMILES string of the molecule is Cc1cc2cc(c1Cl)C2.Cc1ccnnc1. The smallest absolute Gasteiger partial charge is 0.0525 e. The molecule has 3 heteroatoms. The molecule has 0 amide bonds. The molecule has 0 saturated heterocycles. The van der Waals surface area contributed by atoms with E-state index in [2.05, 4.69) is 29.3 Å². The predicted molar refractivity (Wildman–Crippen MR) is 65.8 cm³/mol. The summed E-state index contributed by atoms with van der Waals surface area (Å²) in [6.45, 7) is 4.03. The highest BCUT2D eigenvalue weighted by Crippen LogP contribution is 2.31. The molecule has 2 aliphatic rings. The summed E-state index contributed by atoms with van der Waals surface area (Å²) in [6, 6.07) is 6.21. The van der Waals surface area contributed by atoms with Gasteiger partial charge in [-0.05, 0) is 48.6 Å². The van der Waals surface area contributed by atoms with Gasteiger partial charge in [0.1, 0.15) is 0 Å². The van der Waals surface area contributed by atoms with Gasteiger partial charge in [0.25, 0.3) is 0 Å². The Morgan fingerprint density at radius 2 is 1.94 bits per heavy atom. The van der Waals surface area contributed by atoms with Gasteiger partial charge < -0.3 is 0 Å². The van der Waals surface area contributed by atoms with E-state index in [4.69, 9.17) is 11.6 Å². The first-order chi connectivity index (χ1) is 7.66. The lowest BCUT2D eigenvalue weighted by Crippen LogP contribution is -2.02. The number of nitrogens with zero attached hydrogens (tertiary/aromatic N) is 2. The third-order valence-electron chi connectivity index (χ3n) is 2.52. The van der Waals surface area contributed by atoms with Crippen LogP contribution in [0, 0.1) is 13.8 Å². The number of aryl methyl sites for hydroxylation is 2. The third-order valence-corrected chi connectivity index (χ3v) is 3.06. The summed E-state index contributed by atoms with van der Waals surface area (Å²) in [5.74, 6) is 0. The van der Waals surface area contributed by atoms with Crippen LogP contribution >= 0.6 is 11.6 Å². The minimum Gasteiger partial charge on any atom is -0.159 e. The fourth-order valence-corrected chi connectivity index (χ4v) is 1.78. The van der Waals surface area contributed by atoms with Gasteiger partial charge in [0.2, 0.25) is 0 Å². The number of rotatable bonds is 0. The van der Waals surface area contributed by atoms with E-state index >= 15 is 0 Å². The topological polar surface area (TPSA) is 25.8 Å². The monoisotopic (exact) mass is 232 g/mol. The molecule has 0 radical (unpaired) electrons. The van der Waals surface area contributed by atoms with Crippen molar-refractivity contribution in [2.45, 2.75) is 20.3 Å². The zero-order valence-corrected chi connectivity index (χ0v) is 10.1. The van der Waals surface area contributed by atoms with Gasteiger partial charge in [-0.1, -0.05) is 23.7 Å². The van der Waals surface area contributed by atoms with Crippen molar-refractivity contribution in [3.63, 3.8) is 0 Å². The van der Waals surface area contributed by atoms with Crippen molar-refractivity contribution in [3.8, 4) is 0 Å². The van der Waals surface area contributed by atoms with Crippen LogP contribution in [0.1, 0.15) is 22.3 Å². The second kappa shape index (κ2) is 4.62. The Morgan fingerprint density at radius 1 is 1.19 bits per heavy atom. The van der Waals surface area contributed by atoms with Crippen molar-refractivity contribution in [2.24, 2.45) is 0 Å². The average molecular weight is 233 g/mol. The minimum absolute atomic E-state index is 0.963. The predicted octanol–water partition coefficient (Wildman–Crippen LogP) is 3.34. The minimum atomic E-state index is 0.963. The van der Waals surface area contributed by atoms with Gasteiger partial charge in [-0.25, -0.2) is 0 Å². The van der Waals surface area contributed by atoms with E-state index in [9.17, 15) is 0 Å². The molecule has 0 unspecified atom stereocenters. The van der Waals surface area contributed by atoms with Gasteiger partial charge in [0.05, 0.1) is 6.20 Å². The molecule has 0 fully saturated rings. The van der Waals surface area contributed by atoms with E-state index in [-0.39, 0.29) is 0 Å². The normalized spacial score (nSPS) is 11.2. The van der Waals surface area contributed by atoms with Crippen molar-refractivity contribution in [3.05, 3.63) is 57.9 Å². The van der Waals surface area contributed by atoms with Crippen molar-refractivity contribution in [1.82, 2.24) is 10.2 Å². The first-order valence-corrected chi connectivity index (χ1v) is 5.56. The van der Waals surface area contributed by atoms with Crippen LogP contribution in [-0.2, 0) is 6.42 Å². The maximum absolute atomic E-state index is 5.92.